The number of nitrogens with zero attached hydrogens (tertiary/aromatic N) is 3. The molecule has 5 heteroatoms. The Morgan fingerprint density at radius 2 is 2.05 bits per heavy atom. The van der Waals surface area contributed by atoms with E-state index in [-0.39, 0.29) is 0 Å². The lowest BCUT2D eigenvalue weighted by molar-refractivity contribution is 0.188. The Kier molecular flexibility index (Phi) is 4.24. The van der Waals surface area contributed by atoms with Gasteiger partial charge in [0.25, 0.3) is 5.89 Å². The first-order valence-electron chi connectivity index (χ1n) is 7.59. The Balaban J connectivity index is 2.03. The van der Waals surface area contributed by atoms with Gasteiger partial charge in [-0.15, -0.1) is 10.2 Å². The van der Waals surface area contributed by atoms with E-state index in [2.05, 4.69) is 46.8 Å². The normalized spacial score (nSPS) is 11.6. The molecule has 0 amide bonds. The van der Waals surface area contributed by atoms with Crippen molar-refractivity contribution in [1.82, 2.24) is 14.8 Å². The number of hydrogen-bond acceptors (Lipinski definition) is 4. The molecule has 0 N–H and O–H groups in total. The lowest BCUT2D eigenvalue weighted by atomic mass is 10.1. The Hall–Kier alpha value is -2.14. The standard InChI is InChI=1S/C17H21N3O2/c1-12(2)10-16-18-19-17(22-16)15-11-13-6-4-5-7-14(13)20(15)8-9-21-3/h4-7,11-12H,8-10H2,1-3H3. The number of aromatic nitrogens is 3. The molecule has 2 aromatic heterocycles. The zero-order chi connectivity index (χ0) is 15.5. The summed E-state index contributed by atoms with van der Waals surface area (Å²) in [5.74, 6) is 1.75. The van der Waals surface area contributed by atoms with Crippen molar-refractivity contribution >= 4 is 10.9 Å². The van der Waals surface area contributed by atoms with E-state index < -0.39 is 0 Å². The minimum atomic E-state index is 0.493. The quantitative estimate of drug-likeness (QED) is 0.698. The lowest BCUT2D eigenvalue weighted by Crippen LogP contribution is -2.05. The molecule has 0 aliphatic carbocycles. The molecule has 0 fully saturated rings. The SMILES string of the molecule is COCCn1c(-c2nnc(CC(C)C)o2)cc2ccccc21. The molecule has 22 heavy (non-hydrogen) atoms. The van der Waals surface area contributed by atoms with Crippen LogP contribution < -0.4 is 0 Å². The average molecular weight is 299 g/mol. The van der Waals surface area contributed by atoms with Gasteiger partial charge in [-0.2, -0.15) is 0 Å². The minimum absolute atomic E-state index is 0.493. The van der Waals surface area contributed by atoms with Crippen LogP contribution in [-0.2, 0) is 17.7 Å². The third-order valence-electron chi connectivity index (χ3n) is 3.60. The molecule has 116 valence electrons. The van der Waals surface area contributed by atoms with E-state index >= 15 is 0 Å². The van der Waals surface area contributed by atoms with Gasteiger partial charge in [-0.25, -0.2) is 0 Å². The van der Waals surface area contributed by atoms with E-state index in [9.17, 15) is 0 Å². The molecular weight excluding hydrogens is 278 g/mol. The summed E-state index contributed by atoms with van der Waals surface area (Å²) in [5.41, 5.74) is 2.10. The van der Waals surface area contributed by atoms with E-state index in [0.717, 1.165) is 29.6 Å². The number of benzene rings is 1. The van der Waals surface area contributed by atoms with Gasteiger partial charge in [0.1, 0.15) is 5.69 Å². The van der Waals surface area contributed by atoms with Gasteiger partial charge in [0.05, 0.1) is 6.61 Å². The molecule has 2 heterocycles. The first kappa shape index (κ1) is 14.8. The largest absolute Gasteiger partial charge is 0.419 e. The van der Waals surface area contributed by atoms with Crippen LogP contribution >= 0.6 is 0 Å². The summed E-state index contributed by atoms with van der Waals surface area (Å²) in [4.78, 5) is 0. The van der Waals surface area contributed by atoms with E-state index in [1.807, 2.05) is 12.1 Å². The number of rotatable bonds is 6. The fourth-order valence-electron chi connectivity index (χ4n) is 2.60. The lowest BCUT2D eigenvalue weighted by Gasteiger charge is -2.07. The smallest absolute Gasteiger partial charge is 0.264 e. The fourth-order valence-corrected chi connectivity index (χ4v) is 2.60. The Labute approximate surface area is 129 Å². The maximum Gasteiger partial charge on any atom is 0.264 e. The number of fused-ring (bicyclic) bond motifs is 1. The van der Waals surface area contributed by atoms with Crippen LogP contribution in [0.4, 0.5) is 0 Å². The summed E-state index contributed by atoms with van der Waals surface area (Å²) in [5, 5.41) is 9.55. The molecule has 0 aliphatic heterocycles. The van der Waals surface area contributed by atoms with Crippen LogP contribution in [0.15, 0.2) is 34.7 Å². The van der Waals surface area contributed by atoms with Gasteiger partial charge >= 0.3 is 0 Å². The van der Waals surface area contributed by atoms with E-state index in [1.54, 1.807) is 7.11 Å². The van der Waals surface area contributed by atoms with Gasteiger partial charge in [0.15, 0.2) is 0 Å². The topological polar surface area (TPSA) is 53.1 Å². The Morgan fingerprint density at radius 3 is 2.82 bits per heavy atom. The molecule has 3 rings (SSSR count). The summed E-state index contributed by atoms with van der Waals surface area (Å²) >= 11 is 0. The monoisotopic (exact) mass is 299 g/mol. The van der Waals surface area contributed by atoms with Crippen molar-refractivity contribution in [3.05, 3.63) is 36.2 Å². The molecule has 5 nitrogen and oxygen atoms in total. The summed E-state index contributed by atoms with van der Waals surface area (Å²) in [6, 6.07) is 10.4. The van der Waals surface area contributed by atoms with Gasteiger partial charge in [-0.3, -0.25) is 0 Å². The fraction of sp³-hybridized carbons (Fsp3) is 0.412. The van der Waals surface area contributed by atoms with Gasteiger partial charge in [0.2, 0.25) is 5.89 Å². The van der Waals surface area contributed by atoms with E-state index in [1.165, 1.54) is 0 Å². The number of ether oxygens (including phenoxy) is 1. The van der Waals surface area contributed by atoms with Gasteiger partial charge < -0.3 is 13.7 Å². The molecule has 0 spiro atoms. The minimum Gasteiger partial charge on any atom is -0.419 e. The van der Waals surface area contributed by atoms with Crippen molar-refractivity contribution in [2.75, 3.05) is 13.7 Å². The third kappa shape index (κ3) is 2.90. The number of para-hydroxylation sites is 1. The first-order valence-corrected chi connectivity index (χ1v) is 7.59. The maximum atomic E-state index is 5.85. The highest BCUT2D eigenvalue weighted by Gasteiger charge is 2.16. The molecule has 0 unspecified atom stereocenters. The second kappa shape index (κ2) is 6.32. The second-order valence-electron chi connectivity index (χ2n) is 5.83. The molecule has 0 bridgehead atoms. The van der Waals surface area contributed by atoms with E-state index in [0.29, 0.717) is 24.3 Å². The van der Waals surface area contributed by atoms with Crippen molar-refractivity contribution in [2.45, 2.75) is 26.8 Å². The zero-order valence-electron chi connectivity index (χ0n) is 13.2. The first-order chi connectivity index (χ1) is 10.7. The van der Waals surface area contributed by atoms with Gasteiger partial charge in [-0.05, 0) is 18.1 Å². The predicted octanol–water partition coefficient (Wildman–Crippen LogP) is 3.54. The Bertz CT molecular complexity index is 758. The van der Waals surface area contributed by atoms with Crippen LogP contribution in [0.25, 0.3) is 22.5 Å². The van der Waals surface area contributed by atoms with E-state index in [4.69, 9.17) is 9.15 Å². The molecule has 0 saturated heterocycles. The molecule has 0 atom stereocenters. The van der Waals surface area contributed by atoms with Crippen molar-refractivity contribution in [3.63, 3.8) is 0 Å². The van der Waals surface area contributed by atoms with Crippen molar-refractivity contribution in [1.29, 1.82) is 0 Å². The summed E-state index contributed by atoms with van der Waals surface area (Å²) < 4.78 is 13.2. The van der Waals surface area contributed by atoms with Gasteiger partial charge in [-0.1, -0.05) is 32.0 Å². The second-order valence-corrected chi connectivity index (χ2v) is 5.83. The highest BCUT2D eigenvalue weighted by atomic mass is 16.5. The van der Waals surface area contributed by atoms with Crippen LogP contribution in [-0.4, -0.2) is 28.5 Å². The number of methoxy groups -OCH3 is 1. The molecule has 3 aromatic rings. The molecule has 1 aromatic carbocycles. The highest BCUT2D eigenvalue weighted by Crippen LogP contribution is 2.27. The summed E-state index contributed by atoms with van der Waals surface area (Å²) in [7, 11) is 1.71. The molecule has 0 radical (unpaired) electrons. The van der Waals surface area contributed by atoms with Crippen molar-refractivity contribution in [2.24, 2.45) is 5.92 Å². The van der Waals surface area contributed by atoms with Crippen LogP contribution in [0, 0.1) is 5.92 Å². The van der Waals surface area contributed by atoms with Crippen LogP contribution in [0.1, 0.15) is 19.7 Å². The van der Waals surface area contributed by atoms with Gasteiger partial charge in [0, 0.05) is 31.0 Å². The van der Waals surface area contributed by atoms with Crippen LogP contribution in [0.5, 0.6) is 0 Å². The predicted molar refractivity (Wildman–Crippen MR) is 85.6 cm³/mol. The van der Waals surface area contributed by atoms with Crippen molar-refractivity contribution < 1.29 is 9.15 Å². The van der Waals surface area contributed by atoms with Crippen molar-refractivity contribution in [3.8, 4) is 11.6 Å². The number of hydrogen-bond donors (Lipinski definition) is 0. The summed E-state index contributed by atoms with van der Waals surface area (Å²) in [6.45, 7) is 5.67. The molecule has 0 saturated carbocycles. The summed E-state index contributed by atoms with van der Waals surface area (Å²) in [6.07, 6.45) is 0.797. The average Bonchev–Trinajstić information content (AvgIpc) is 3.08. The Morgan fingerprint density at radius 1 is 1.23 bits per heavy atom. The maximum absolute atomic E-state index is 5.85. The van der Waals surface area contributed by atoms with Crippen LogP contribution in [0.2, 0.25) is 0 Å². The molecular formula is C17H21N3O2. The highest BCUT2D eigenvalue weighted by molar-refractivity contribution is 5.85. The third-order valence-corrected chi connectivity index (χ3v) is 3.60. The molecule has 0 aliphatic rings. The van der Waals surface area contributed by atoms with Crippen LogP contribution in [0.3, 0.4) is 0 Å². The zero-order valence-corrected chi connectivity index (χ0v) is 13.2.